The van der Waals surface area contributed by atoms with Gasteiger partial charge in [0.25, 0.3) is 11.6 Å². The molecule has 0 aliphatic rings. The molecule has 0 saturated heterocycles. The number of esters is 1. The van der Waals surface area contributed by atoms with E-state index in [9.17, 15) is 24.8 Å². The van der Waals surface area contributed by atoms with E-state index in [4.69, 9.17) is 16.3 Å². The van der Waals surface area contributed by atoms with Crippen LogP contribution in [0, 0.1) is 10.1 Å². The summed E-state index contributed by atoms with van der Waals surface area (Å²) in [6.45, 7) is 1.32. The molecule has 9 heteroatoms. The van der Waals surface area contributed by atoms with Crippen LogP contribution in [-0.4, -0.2) is 28.0 Å². The summed E-state index contributed by atoms with van der Waals surface area (Å²) in [7, 11) is 0. The first-order chi connectivity index (χ1) is 11.8. The molecule has 0 aliphatic heterocycles. The van der Waals surface area contributed by atoms with Crippen molar-refractivity contribution in [2.24, 2.45) is 0 Å². The summed E-state index contributed by atoms with van der Waals surface area (Å²) in [5.41, 5.74) is -0.319. The maximum absolute atomic E-state index is 12.1. The van der Waals surface area contributed by atoms with Crippen molar-refractivity contribution in [2.45, 2.75) is 13.0 Å². The number of para-hydroxylation sites is 1. The van der Waals surface area contributed by atoms with Crippen molar-refractivity contribution in [1.29, 1.82) is 0 Å². The van der Waals surface area contributed by atoms with Crippen LogP contribution in [0.25, 0.3) is 0 Å². The second kappa shape index (κ2) is 7.63. The van der Waals surface area contributed by atoms with Crippen molar-refractivity contribution in [2.75, 3.05) is 5.32 Å². The Balaban J connectivity index is 2.08. The van der Waals surface area contributed by atoms with Crippen LogP contribution >= 0.6 is 11.6 Å². The molecule has 1 unspecified atom stereocenters. The highest BCUT2D eigenvalue weighted by atomic mass is 35.5. The van der Waals surface area contributed by atoms with Gasteiger partial charge in [0.1, 0.15) is 11.3 Å². The Morgan fingerprint density at radius 1 is 1.28 bits per heavy atom. The van der Waals surface area contributed by atoms with Gasteiger partial charge in [-0.05, 0) is 25.1 Å². The van der Waals surface area contributed by atoms with Crippen LogP contribution < -0.4 is 5.32 Å². The van der Waals surface area contributed by atoms with Gasteiger partial charge in [-0.3, -0.25) is 14.9 Å². The summed E-state index contributed by atoms with van der Waals surface area (Å²) in [6, 6.07) is 9.28. The molecule has 130 valence electrons. The summed E-state index contributed by atoms with van der Waals surface area (Å²) >= 11 is 5.89. The number of phenolic OH excluding ortho intramolecular Hbond substituents is 1. The minimum absolute atomic E-state index is 0.0197. The largest absolute Gasteiger partial charge is 0.507 e. The minimum Gasteiger partial charge on any atom is -0.507 e. The first kappa shape index (κ1) is 18.2. The predicted octanol–water partition coefficient (Wildman–Crippen LogP) is 3.14. The van der Waals surface area contributed by atoms with Crippen LogP contribution in [-0.2, 0) is 9.53 Å². The van der Waals surface area contributed by atoms with E-state index >= 15 is 0 Å². The van der Waals surface area contributed by atoms with E-state index in [2.05, 4.69) is 5.32 Å². The Hall–Kier alpha value is -3.13. The predicted molar refractivity (Wildman–Crippen MR) is 89.7 cm³/mol. The summed E-state index contributed by atoms with van der Waals surface area (Å²) in [6.07, 6.45) is -1.22. The van der Waals surface area contributed by atoms with E-state index in [0.717, 1.165) is 6.07 Å². The van der Waals surface area contributed by atoms with Crippen LogP contribution in [0.3, 0.4) is 0 Å². The van der Waals surface area contributed by atoms with Crippen molar-refractivity contribution in [3.63, 3.8) is 0 Å². The third-order valence-electron chi connectivity index (χ3n) is 3.20. The number of amides is 1. The highest BCUT2D eigenvalue weighted by Gasteiger charge is 2.22. The molecular formula is C16H13ClN2O6. The van der Waals surface area contributed by atoms with Gasteiger partial charge >= 0.3 is 5.97 Å². The van der Waals surface area contributed by atoms with Crippen LogP contribution in [0.1, 0.15) is 17.3 Å². The second-order valence-electron chi connectivity index (χ2n) is 4.98. The molecule has 2 rings (SSSR count). The topological polar surface area (TPSA) is 119 Å². The number of benzene rings is 2. The number of carbonyl (C=O) groups excluding carboxylic acids is 2. The SMILES string of the molecule is CC(OC(=O)c1ccccc1O)C(=O)Nc1cc([N+](=O)[O-])ccc1Cl. The molecule has 1 amide bonds. The molecule has 0 spiro atoms. The standard InChI is InChI=1S/C16H13ClN2O6/c1-9(25-16(22)11-4-2-3-5-14(11)20)15(21)18-13-8-10(19(23)24)6-7-12(13)17/h2-9,20H,1H3,(H,18,21). The zero-order valence-corrected chi connectivity index (χ0v) is 13.7. The number of rotatable bonds is 5. The van der Waals surface area contributed by atoms with Gasteiger partial charge in [-0.15, -0.1) is 0 Å². The summed E-state index contributed by atoms with van der Waals surface area (Å²) in [5.74, 6) is -1.89. The van der Waals surface area contributed by atoms with E-state index in [-0.39, 0.29) is 27.7 Å². The summed E-state index contributed by atoms with van der Waals surface area (Å²) in [5, 5.41) is 22.8. The fourth-order valence-corrected chi connectivity index (χ4v) is 2.05. The molecule has 8 nitrogen and oxygen atoms in total. The Bertz CT molecular complexity index is 839. The highest BCUT2D eigenvalue weighted by Crippen LogP contribution is 2.27. The molecule has 25 heavy (non-hydrogen) atoms. The number of halogens is 1. The van der Waals surface area contributed by atoms with Gasteiger partial charge in [-0.25, -0.2) is 4.79 Å². The third-order valence-corrected chi connectivity index (χ3v) is 3.53. The second-order valence-corrected chi connectivity index (χ2v) is 5.38. The number of nitrogens with zero attached hydrogens (tertiary/aromatic N) is 1. The van der Waals surface area contributed by atoms with E-state index in [0.29, 0.717) is 0 Å². The third kappa shape index (κ3) is 4.45. The maximum Gasteiger partial charge on any atom is 0.342 e. The molecule has 0 radical (unpaired) electrons. The minimum atomic E-state index is -1.22. The van der Waals surface area contributed by atoms with E-state index in [1.807, 2.05) is 0 Å². The Labute approximate surface area is 147 Å². The van der Waals surface area contributed by atoms with Gasteiger partial charge in [-0.1, -0.05) is 23.7 Å². The number of nitro groups is 1. The fourth-order valence-electron chi connectivity index (χ4n) is 1.88. The number of nitro benzene ring substituents is 1. The molecular weight excluding hydrogens is 352 g/mol. The Kier molecular flexibility index (Phi) is 5.56. The average molecular weight is 365 g/mol. The Morgan fingerprint density at radius 3 is 2.60 bits per heavy atom. The van der Waals surface area contributed by atoms with Crippen LogP contribution in [0.15, 0.2) is 42.5 Å². The maximum atomic E-state index is 12.1. The number of hydrogen-bond donors (Lipinski definition) is 2. The molecule has 2 N–H and O–H groups in total. The summed E-state index contributed by atoms with van der Waals surface area (Å²) < 4.78 is 4.98. The van der Waals surface area contributed by atoms with Gasteiger partial charge < -0.3 is 15.2 Å². The van der Waals surface area contributed by atoms with Gasteiger partial charge in [0.2, 0.25) is 0 Å². The first-order valence-electron chi connectivity index (χ1n) is 7.03. The molecule has 1 atom stereocenters. The lowest BCUT2D eigenvalue weighted by Gasteiger charge is -2.14. The van der Waals surface area contributed by atoms with Gasteiger partial charge in [0.15, 0.2) is 6.10 Å². The number of nitrogens with one attached hydrogen (secondary N) is 1. The van der Waals surface area contributed by atoms with Gasteiger partial charge in [0, 0.05) is 12.1 Å². The normalized spacial score (nSPS) is 11.4. The molecule has 0 aliphatic carbocycles. The fraction of sp³-hybridized carbons (Fsp3) is 0.125. The van der Waals surface area contributed by atoms with Crippen LogP contribution in [0.4, 0.5) is 11.4 Å². The summed E-state index contributed by atoms with van der Waals surface area (Å²) in [4.78, 5) is 34.2. The number of aromatic hydroxyl groups is 1. The molecule has 2 aromatic carbocycles. The first-order valence-corrected chi connectivity index (χ1v) is 7.41. The number of phenols is 1. The van der Waals surface area contributed by atoms with E-state index < -0.39 is 22.9 Å². The lowest BCUT2D eigenvalue weighted by molar-refractivity contribution is -0.384. The Morgan fingerprint density at radius 2 is 1.96 bits per heavy atom. The quantitative estimate of drug-likeness (QED) is 0.478. The molecule has 0 bridgehead atoms. The van der Waals surface area contributed by atoms with Crippen LogP contribution in [0.2, 0.25) is 5.02 Å². The number of carbonyl (C=O) groups is 2. The van der Waals surface area contributed by atoms with Crippen LogP contribution in [0.5, 0.6) is 5.75 Å². The molecule has 2 aromatic rings. The monoisotopic (exact) mass is 364 g/mol. The van der Waals surface area contributed by atoms with Crippen molar-refractivity contribution in [1.82, 2.24) is 0 Å². The van der Waals surface area contributed by atoms with Crippen molar-refractivity contribution >= 4 is 34.9 Å². The van der Waals surface area contributed by atoms with E-state index in [1.54, 1.807) is 0 Å². The van der Waals surface area contributed by atoms with Gasteiger partial charge in [0.05, 0.1) is 15.6 Å². The van der Waals surface area contributed by atoms with Crippen molar-refractivity contribution in [3.05, 3.63) is 63.2 Å². The molecule has 0 aromatic heterocycles. The number of anilines is 1. The molecule has 0 fully saturated rings. The van der Waals surface area contributed by atoms with Crippen molar-refractivity contribution in [3.8, 4) is 5.75 Å². The average Bonchev–Trinajstić information content (AvgIpc) is 2.56. The van der Waals surface area contributed by atoms with Gasteiger partial charge in [-0.2, -0.15) is 0 Å². The molecule has 0 saturated carbocycles. The van der Waals surface area contributed by atoms with Crippen molar-refractivity contribution < 1.29 is 24.4 Å². The lowest BCUT2D eigenvalue weighted by Crippen LogP contribution is -2.30. The van der Waals surface area contributed by atoms with E-state index in [1.165, 1.54) is 43.3 Å². The zero-order valence-electron chi connectivity index (χ0n) is 12.9. The number of non-ortho nitro benzene ring substituents is 1. The smallest absolute Gasteiger partial charge is 0.342 e. The number of hydrogen-bond acceptors (Lipinski definition) is 6. The molecule has 0 heterocycles. The highest BCUT2D eigenvalue weighted by molar-refractivity contribution is 6.33. The number of ether oxygens (including phenoxy) is 1. The zero-order chi connectivity index (χ0) is 18.6. The lowest BCUT2D eigenvalue weighted by atomic mass is 10.2.